The molecule has 0 amide bonds. The highest BCUT2D eigenvalue weighted by atomic mass is 32.2. The van der Waals surface area contributed by atoms with Gasteiger partial charge >= 0.3 is 0 Å². The zero-order valence-electron chi connectivity index (χ0n) is 15.8. The average molecular weight is 410 g/mol. The topological polar surface area (TPSA) is 61.9 Å². The van der Waals surface area contributed by atoms with E-state index in [1.165, 1.54) is 5.56 Å². The van der Waals surface area contributed by atoms with Gasteiger partial charge in [-0.3, -0.25) is 4.90 Å². The summed E-state index contributed by atoms with van der Waals surface area (Å²) in [5.41, 5.74) is 1.92. The number of hydrogen-bond donors (Lipinski definition) is 1. The molecule has 1 saturated heterocycles. The fourth-order valence-electron chi connectivity index (χ4n) is 3.25. The molecule has 0 saturated carbocycles. The maximum Gasteiger partial charge on any atom is 0.215 e. The van der Waals surface area contributed by atoms with E-state index >= 15 is 0 Å². The number of rotatable bonds is 8. The second-order valence-electron chi connectivity index (χ2n) is 6.87. The lowest BCUT2D eigenvalue weighted by Crippen LogP contribution is -2.48. The van der Waals surface area contributed by atoms with E-state index in [4.69, 9.17) is 4.74 Å². The summed E-state index contributed by atoms with van der Waals surface area (Å²) in [6.45, 7) is 4.27. The summed E-state index contributed by atoms with van der Waals surface area (Å²) in [6, 6.07) is 9.29. The summed E-state index contributed by atoms with van der Waals surface area (Å²) >= 11 is 1.65. The lowest BCUT2D eigenvalue weighted by atomic mass is 10.1. The molecule has 0 bridgehead atoms. The van der Waals surface area contributed by atoms with E-state index in [1.54, 1.807) is 42.7 Å². The molecule has 3 rings (SSSR count). The second kappa shape index (κ2) is 9.16. The molecule has 1 fully saturated rings. The summed E-state index contributed by atoms with van der Waals surface area (Å²) in [5.74, 6) is 0.688. The Labute approximate surface area is 165 Å². The van der Waals surface area contributed by atoms with Crippen LogP contribution in [0.2, 0.25) is 0 Å². The van der Waals surface area contributed by atoms with Crippen LogP contribution in [0.15, 0.2) is 41.1 Å². The van der Waals surface area contributed by atoms with Crippen molar-refractivity contribution in [1.29, 1.82) is 0 Å². The normalized spacial score (nSPS) is 17.7. The first-order chi connectivity index (χ1) is 13.0. The molecule has 8 heteroatoms. The third-order valence-corrected chi connectivity index (χ3v) is 6.94. The predicted molar refractivity (Wildman–Crippen MR) is 110 cm³/mol. The lowest BCUT2D eigenvalue weighted by molar-refractivity contribution is 0.113. The molecule has 148 valence electrons. The maximum absolute atomic E-state index is 12.6. The monoisotopic (exact) mass is 409 g/mol. The van der Waals surface area contributed by atoms with Crippen LogP contribution in [-0.4, -0.2) is 65.1 Å². The molecule has 1 aromatic heterocycles. The molecule has 1 aliphatic rings. The minimum Gasteiger partial charge on any atom is -0.497 e. The van der Waals surface area contributed by atoms with Crippen LogP contribution in [0.25, 0.3) is 0 Å². The van der Waals surface area contributed by atoms with Crippen molar-refractivity contribution in [2.75, 3.05) is 46.9 Å². The number of methoxy groups -OCH3 is 1. The minimum atomic E-state index is -3.41. The van der Waals surface area contributed by atoms with E-state index in [0.29, 0.717) is 6.54 Å². The number of nitrogens with one attached hydrogen (secondary N) is 1. The van der Waals surface area contributed by atoms with Gasteiger partial charge in [0.15, 0.2) is 0 Å². The number of thiophene rings is 1. The van der Waals surface area contributed by atoms with Crippen molar-refractivity contribution in [3.63, 3.8) is 0 Å². The van der Waals surface area contributed by atoms with Gasteiger partial charge in [0, 0.05) is 38.8 Å². The Morgan fingerprint density at radius 1 is 1.15 bits per heavy atom. The van der Waals surface area contributed by atoms with Crippen LogP contribution < -0.4 is 9.46 Å². The third kappa shape index (κ3) is 5.76. The molecule has 1 atom stereocenters. The van der Waals surface area contributed by atoms with Crippen LogP contribution in [0.1, 0.15) is 17.2 Å². The summed E-state index contributed by atoms with van der Waals surface area (Å²) in [5, 5.41) is 4.16. The predicted octanol–water partition coefficient (Wildman–Crippen LogP) is 2.16. The Hall–Kier alpha value is -1.45. The highest BCUT2D eigenvalue weighted by molar-refractivity contribution is 7.88. The molecule has 27 heavy (non-hydrogen) atoms. The average Bonchev–Trinajstić information content (AvgIpc) is 3.18. The van der Waals surface area contributed by atoms with Crippen molar-refractivity contribution >= 4 is 21.4 Å². The summed E-state index contributed by atoms with van der Waals surface area (Å²) in [4.78, 5) is 4.67. The number of ether oxygens (including phenoxy) is 1. The number of hydrogen-bond acceptors (Lipinski definition) is 6. The zero-order valence-corrected chi connectivity index (χ0v) is 17.4. The highest BCUT2D eigenvalue weighted by Gasteiger charge is 2.25. The van der Waals surface area contributed by atoms with Crippen molar-refractivity contribution in [3.8, 4) is 5.75 Å². The van der Waals surface area contributed by atoms with Crippen LogP contribution in [0.5, 0.6) is 5.75 Å². The fourth-order valence-corrected chi connectivity index (χ4v) is 5.11. The van der Waals surface area contributed by atoms with Gasteiger partial charge in [-0.25, -0.2) is 13.1 Å². The number of likely N-dealkylation sites (N-methyl/N-ethyl adjacent to an activating group) is 1. The van der Waals surface area contributed by atoms with Crippen LogP contribution in [0, 0.1) is 0 Å². The van der Waals surface area contributed by atoms with E-state index in [1.807, 2.05) is 5.38 Å². The van der Waals surface area contributed by atoms with Gasteiger partial charge in [0.2, 0.25) is 10.0 Å². The van der Waals surface area contributed by atoms with Gasteiger partial charge in [0.25, 0.3) is 0 Å². The van der Waals surface area contributed by atoms with Gasteiger partial charge in [-0.05, 0) is 47.1 Å². The Morgan fingerprint density at radius 2 is 1.85 bits per heavy atom. The standard InChI is InChI=1S/C19H27N3O3S2/c1-21-8-10-22(11-9-21)19(17-7-12-26-14-17)13-20-27(23,24)15-16-3-5-18(25-2)6-4-16/h3-7,12,14,19-20H,8-11,13,15H2,1-2H3. The quantitative estimate of drug-likeness (QED) is 0.724. The fraction of sp³-hybridized carbons (Fsp3) is 0.474. The molecule has 1 N–H and O–H groups in total. The van der Waals surface area contributed by atoms with E-state index in [9.17, 15) is 8.42 Å². The van der Waals surface area contributed by atoms with Gasteiger partial charge < -0.3 is 9.64 Å². The Balaban J connectivity index is 1.64. The SMILES string of the molecule is COc1ccc(CS(=O)(=O)NCC(c2ccsc2)N2CCN(C)CC2)cc1. The van der Waals surface area contributed by atoms with E-state index in [2.05, 4.69) is 33.0 Å². The minimum absolute atomic E-state index is 0.0317. The Kier molecular flexibility index (Phi) is 6.88. The lowest BCUT2D eigenvalue weighted by Gasteiger charge is -2.37. The number of benzene rings is 1. The molecule has 0 aliphatic carbocycles. The van der Waals surface area contributed by atoms with Crippen molar-refractivity contribution in [2.24, 2.45) is 0 Å². The molecular formula is C19H27N3O3S2. The number of piperazine rings is 1. The first-order valence-electron chi connectivity index (χ1n) is 9.02. The van der Waals surface area contributed by atoms with Gasteiger partial charge in [-0.2, -0.15) is 11.3 Å². The summed E-state index contributed by atoms with van der Waals surface area (Å²) < 4.78 is 33.1. The summed E-state index contributed by atoms with van der Waals surface area (Å²) in [6.07, 6.45) is 0. The molecule has 0 radical (unpaired) electrons. The van der Waals surface area contributed by atoms with E-state index < -0.39 is 10.0 Å². The third-order valence-electron chi connectivity index (χ3n) is 4.92. The molecule has 0 spiro atoms. The molecule has 1 unspecified atom stereocenters. The molecular weight excluding hydrogens is 382 g/mol. The number of sulfonamides is 1. The van der Waals surface area contributed by atoms with Gasteiger partial charge in [0.05, 0.1) is 12.9 Å². The first-order valence-corrected chi connectivity index (χ1v) is 11.6. The molecule has 1 aliphatic heterocycles. The second-order valence-corrected chi connectivity index (χ2v) is 9.45. The Bertz CT molecular complexity index is 799. The summed E-state index contributed by atoms with van der Waals surface area (Å²) in [7, 11) is 0.299. The van der Waals surface area contributed by atoms with Crippen LogP contribution in [0.4, 0.5) is 0 Å². The van der Waals surface area contributed by atoms with Crippen molar-refractivity contribution in [3.05, 3.63) is 52.2 Å². The van der Waals surface area contributed by atoms with Crippen LogP contribution >= 0.6 is 11.3 Å². The van der Waals surface area contributed by atoms with E-state index in [-0.39, 0.29) is 11.8 Å². The van der Waals surface area contributed by atoms with Gasteiger partial charge in [0.1, 0.15) is 5.75 Å². The molecule has 6 nitrogen and oxygen atoms in total. The number of nitrogens with zero attached hydrogens (tertiary/aromatic N) is 2. The molecule has 2 aromatic rings. The van der Waals surface area contributed by atoms with Gasteiger partial charge in [-0.15, -0.1) is 0 Å². The van der Waals surface area contributed by atoms with Crippen molar-refractivity contribution < 1.29 is 13.2 Å². The van der Waals surface area contributed by atoms with Gasteiger partial charge in [-0.1, -0.05) is 12.1 Å². The Morgan fingerprint density at radius 3 is 2.44 bits per heavy atom. The molecule has 1 aromatic carbocycles. The van der Waals surface area contributed by atoms with Crippen LogP contribution in [0.3, 0.4) is 0 Å². The largest absolute Gasteiger partial charge is 0.497 e. The maximum atomic E-state index is 12.6. The first kappa shape index (κ1) is 20.3. The highest BCUT2D eigenvalue weighted by Crippen LogP contribution is 2.24. The van der Waals surface area contributed by atoms with Crippen molar-refractivity contribution in [2.45, 2.75) is 11.8 Å². The van der Waals surface area contributed by atoms with Crippen LogP contribution in [-0.2, 0) is 15.8 Å². The zero-order chi connectivity index (χ0) is 19.3. The molecule has 2 heterocycles. The van der Waals surface area contributed by atoms with Crippen molar-refractivity contribution in [1.82, 2.24) is 14.5 Å². The smallest absolute Gasteiger partial charge is 0.215 e. The van der Waals surface area contributed by atoms with E-state index in [0.717, 1.165) is 37.5 Å².